The molecule has 0 saturated heterocycles. The largest absolute Gasteiger partial charge is 0.545 e. The number of halogens is 3. The fourth-order valence-corrected chi connectivity index (χ4v) is 1.72. The number of anilines is 1. The molecule has 4 nitrogen and oxygen atoms in total. The molecule has 0 aliphatic carbocycles. The highest BCUT2D eigenvalue weighted by molar-refractivity contribution is 6.33. The van der Waals surface area contributed by atoms with Gasteiger partial charge in [0, 0.05) is 10.6 Å². The number of nitrogens with one attached hydrogen (secondary N) is 1. The van der Waals surface area contributed by atoms with E-state index in [0.29, 0.717) is 11.3 Å². The smallest absolute Gasteiger partial charge is 0.159 e. The van der Waals surface area contributed by atoms with Crippen molar-refractivity contribution in [2.75, 3.05) is 5.43 Å². The molecule has 2 rings (SSSR count). The number of benzene rings is 2. The van der Waals surface area contributed by atoms with Gasteiger partial charge in [0.15, 0.2) is 11.6 Å². The van der Waals surface area contributed by atoms with Gasteiger partial charge in [0.1, 0.15) is 0 Å². The Morgan fingerprint density at radius 3 is 2.62 bits per heavy atom. The van der Waals surface area contributed by atoms with Gasteiger partial charge in [-0.15, -0.1) is 0 Å². The van der Waals surface area contributed by atoms with Crippen LogP contribution in [0.25, 0.3) is 0 Å². The summed E-state index contributed by atoms with van der Waals surface area (Å²) in [6, 6.07) is 7.44. The van der Waals surface area contributed by atoms with E-state index in [1.54, 1.807) is 0 Å². The molecule has 0 aromatic heterocycles. The molecule has 0 aliphatic rings. The van der Waals surface area contributed by atoms with Gasteiger partial charge in [-0.3, -0.25) is 5.43 Å². The summed E-state index contributed by atoms with van der Waals surface area (Å²) < 4.78 is 25.7. The quantitative estimate of drug-likeness (QED) is 0.697. The van der Waals surface area contributed by atoms with E-state index in [2.05, 4.69) is 10.5 Å². The van der Waals surface area contributed by atoms with E-state index in [4.69, 9.17) is 11.6 Å². The van der Waals surface area contributed by atoms with Crippen molar-refractivity contribution in [3.05, 3.63) is 64.2 Å². The van der Waals surface area contributed by atoms with Crippen LogP contribution in [0.4, 0.5) is 14.5 Å². The summed E-state index contributed by atoms with van der Waals surface area (Å²) in [5.74, 6) is -3.34. The standard InChI is InChI=1S/C14H9ClF2N2O2/c15-11-3-2-9(6-10(11)14(20)21)19-18-7-8-1-4-12(16)13(17)5-8/h1-7,19H,(H,20,21)/p-1/b18-7-. The van der Waals surface area contributed by atoms with Crippen molar-refractivity contribution in [3.8, 4) is 0 Å². The zero-order valence-electron chi connectivity index (χ0n) is 10.4. The molecule has 0 bridgehead atoms. The summed E-state index contributed by atoms with van der Waals surface area (Å²) in [6.07, 6.45) is 1.26. The Balaban J connectivity index is 2.12. The van der Waals surface area contributed by atoms with E-state index < -0.39 is 17.6 Å². The first-order chi connectivity index (χ1) is 9.97. The van der Waals surface area contributed by atoms with Gasteiger partial charge in [-0.05, 0) is 35.9 Å². The van der Waals surface area contributed by atoms with Crippen LogP contribution in [0.2, 0.25) is 5.02 Å². The third-order valence-corrected chi connectivity index (χ3v) is 2.87. The summed E-state index contributed by atoms with van der Waals surface area (Å²) in [7, 11) is 0. The van der Waals surface area contributed by atoms with Crippen LogP contribution in [0, 0.1) is 11.6 Å². The van der Waals surface area contributed by atoms with Crippen LogP contribution >= 0.6 is 11.6 Å². The summed E-state index contributed by atoms with van der Waals surface area (Å²) in [6.45, 7) is 0. The molecule has 0 heterocycles. The van der Waals surface area contributed by atoms with E-state index in [0.717, 1.165) is 12.1 Å². The van der Waals surface area contributed by atoms with Crippen LogP contribution in [0.15, 0.2) is 41.5 Å². The maximum absolute atomic E-state index is 13.0. The van der Waals surface area contributed by atoms with Gasteiger partial charge in [0.05, 0.1) is 17.9 Å². The fourth-order valence-electron chi connectivity index (χ4n) is 1.53. The molecular formula is C14H8ClF2N2O2-. The average molecular weight is 310 g/mol. The summed E-state index contributed by atoms with van der Waals surface area (Å²) in [4.78, 5) is 10.8. The summed E-state index contributed by atoms with van der Waals surface area (Å²) >= 11 is 5.69. The molecule has 0 amide bonds. The second-order valence-corrected chi connectivity index (χ2v) is 4.43. The molecule has 0 radical (unpaired) electrons. The van der Waals surface area contributed by atoms with Crippen molar-refractivity contribution >= 4 is 29.5 Å². The molecular weight excluding hydrogens is 302 g/mol. The zero-order valence-corrected chi connectivity index (χ0v) is 11.2. The summed E-state index contributed by atoms with van der Waals surface area (Å²) in [5.41, 5.74) is 3.08. The average Bonchev–Trinajstić information content (AvgIpc) is 2.44. The predicted molar refractivity (Wildman–Crippen MR) is 73.4 cm³/mol. The number of hydrogen-bond donors (Lipinski definition) is 1. The van der Waals surface area contributed by atoms with Crippen molar-refractivity contribution < 1.29 is 18.7 Å². The number of carboxylic acid groups (broad SMARTS) is 1. The Hall–Kier alpha value is -2.47. The van der Waals surface area contributed by atoms with Crippen LogP contribution in [-0.4, -0.2) is 12.2 Å². The Bertz CT molecular complexity index is 720. The minimum Gasteiger partial charge on any atom is -0.545 e. The lowest BCUT2D eigenvalue weighted by Crippen LogP contribution is -2.22. The molecule has 0 spiro atoms. The lowest BCUT2D eigenvalue weighted by atomic mass is 10.2. The fraction of sp³-hybridized carbons (Fsp3) is 0. The van der Waals surface area contributed by atoms with Crippen molar-refractivity contribution in [1.82, 2.24) is 0 Å². The van der Waals surface area contributed by atoms with Gasteiger partial charge >= 0.3 is 0 Å². The topological polar surface area (TPSA) is 64.5 Å². The van der Waals surface area contributed by atoms with Crippen LogP contribution in [0.5, 0.6) is 0 Å². The third kappa shape index (κ3) is 3.76. The normalized spacial score (nSPS) is 10.8. The second-order valence-electron chi connectivity index (χ2n) is 4.03. The summed E-state index contributed by atoms with van der Waals surface area (Å²) in [5, 5.41) is 14.6. The van der Waals surface area contributed by atoms with Crippen LogP contribution in [0.3, 0.4) is 0 Å². The minimum atomic E-state index is -1.41. The molecule has 1 N–H and O–H groups in total. The second kappa shape index (κ2) is 6.32. The number of carboxylic acids is 1. The number of hydrazone groups is 1. The maximum Gasteiger partial charge on any atom is 0.159 e. The highest BCUT2D eigenvalue weighted by Crippen LogP contribution is 2.20. The number of rotatable bonds is 4. The molecule has 21 heavy (non-hydrogen) atoms. The Labute approximate surface area is 123 Å². The van der Waals surface area contributed by atoms with E-state index in [1.165, 1.54) is 30.5 Å². The maximum atomic E-state index is 13.0. The van der Waals surface area contributed by atoms with E-state index in [1.807, 2.05) is 0 Å². The van der Waals surface area contributed by atoms with Crippen LogP contribution < -0.4 is 10.5 Å². The van der Waals surface area contributed by atoms with Gasteiger partial charge in [0.25, 0.3) is 0 Å². The molecule has 0 unspecified atom stereocenters. The Morgan fingerprint density at radius 2 is 1.95 bits per heavy atom. The van der Waals surface area contributed by atoms with Crippen molar-refractivity contribution in [2.45, 2.75) is 0 Å². The van der Waals surface area contributed by atoms with E-state index >= 15 is 0 Å². The highest BCUT2D eigenvalue weighted by atomic mass is 35.5. The van der Waals surface area contributed by atoms with Gasteiger partial charge in [-0.25, -0.2) is 8.78 Å². The molecule has 0 saturated carbocycles. The molecule has 0 atom stereocenters. The first-order valence-electron chi connectivity index (χ1n) is 5.72. The Morgan fingerprint density at radius 1 is 1.19 bits per heavy atom. The van der Waals surface area contributed by atoms with Crippen molar-refractivity contribution in [1.29, 1.82) is 0 Å². The van der Waals surface area contributed by atoms with Crippen molar-refractivity contribution in [3.63, 3.8) is 0 Å². The van der Waals surface area contributed by atoms with E-state index in [9.17, 15) is 18.7 Å². The van der Waals surface area contributed by atoms with Gasteiger partial charge in [-0.1, -0.05) is 17.7 Å². The SMILES string of the molecule is O=C([O-])c1cc(N/N=C\c2ccc(F)c(F)c2)ccc1Cl. The number of carbonyl (C=O) groups excluding carboxylic acids is 1. The molecule has 0 fully saturated rings. The van der Waals surface area contributed by atoms with Crippen molar-refractivity contribution in [2.24, 2.45) is 5.10 Å². The zero-order chi connectivity index (χ0) is 15.4. The first kappa shape index (κ1) is 14.9. The monoisotopic (exact) mass is 309 g/mol. The Kier molecular flexibility index (Phi) is 4.49. The lowest BCUT2D eigenvalue weighted by Gasteiger charge is -2.07. The lowest BCUT2D eigenvalue weighted by molar-refractivity contribution is -0.255. The van der Waals surface area contributed by atoms with Gasteiger partial charge in [-0.2, -0.15) is 5.10 Å². The first-order valence-corrected chi connectivity index (χ1v) is 6.10. The third-order valence-electron chi connectivity index (χ3n) is 2.54. The van der Waals surface area contributed by atoms with Gasteiger partial charge in [0.2, 0.25) is 0 Å². The van der Waals surface area contributed by atoms with E-state index in [-0.39, 0.29) is 10.6 Å². The van der Waals surface area contributed by atoms with Crippen LogP contribution in [0.1, 0.15) is 15.9 Å². The molecule has 7 heteroatoms. The number of nitrogens with zero attached hydrogens (tertiary/aromatic N) is 1. The molecule has 2 aromatic carbocycles. The van der Waals surface area contributed by atoms with Gasteiger partial charge < -0.3 is 9.90 Å². The number of carbonyl (C=O) groups is 1. The molecule has 0 aliphatic heterocycles. The predicted octanol–water partition coefficient (Wildman–Crippen LogP) is 2.43. The minimum absolute atomic E-state index is 0.0464. The molecule has 108 valence electrons. The number of hydrogen-bond acceptors (Lipinski definition) is 4. The number of aromatic carboxylic acids is 1. The van der Waals surface area contributed by atoms with Crippen LogP contribution in [-0.2, 0) is 0 Å². The molecule has 2 aromatic rings. The highest BCUT2D eigenvalue weighted by Gasteiger charge is 2.03.